The van der Waals surface area contributed by atoms with Gasteiger partial charge in [0.25, 0.3) is 0 Å². The Labute approximate surface area is 185 Å². The third-order valence-corrected chi connectivity index (χ3v) is 4.49. The minimum atomic E-state index is -0.180. The van der Waals surface area contributed by atoms with Gasteiger partial charge in [-0.05, 0) is 31.6 Å². The van der Waals surface area contributed by atoms with Crippen LogP contribution < -0.4 is 0 Å². The van der Waals surface area contributed by atoms with Crippen molar-refractivity contribution in [1.82, 2.24) is 4.90 Å². The molecule has 0 aliphatic carbocycles. The number of ether oxygens (including phenoxy) is 1. The zero-order valence-electron chi connectivity index (χ0n) is 19.7. The quantitative estimate of drug-likeness (QED) is 0.282. The van der Waals surface area contributed by atoms with Crippen LogP contribution in [0.4, 0.5) is 4.79 Å². The van der Waals surface area contributed by atoms with Crippen LogP contribution in [0.25, 0.3) is 0 Å². The van der Waals surface area contributed by atoms with Crippen molar-refractivity contribution in [1.29, 1.82) is 0 Å². The van der Waals surface area contributed by atoms with Crippen molar-refractivity contribution < 1.29 is 19.7 Å². The van der Waals surface area contributed by atoms with Crippen LogP contribution in [0.1, 0.15) is 97.8 Å². The lowest BCUT2D eigenvalue weighted by Crippen LogP contribution is -2.33. The number of nitrogens with zero attached hydrogens (tertiary/aromatic N) is 1. The molecule has 0 aliphatic heterocycles. The minimum Gasteiger partial charge on any atom is -0.450 e. The summed E-state index contributed by atoms with van der Waals surface area (Å²) in [5.74, 6) is 9.24. The highest BCUT2D eigenvalue weighted by atomic mass is 16.6. The van der Waals surface area contributed by atoms with Crippen LogP contribution in [0, 0.1) is 23.7 Å². The zero-order valence-corrected chi connectivity index (χ0v) is 19.7. The molecule has 0 saturated heterocycles. The van der Waals surface area contributed by atoms with E-state index < -0.39 is 0 Å². The van der Waals surface area contributed by atoms with Gasteiger partial charge in [-0.25, -0.2) is 4.79 Å². The number of hydrogen-bond acceptors (Lipinski definition) is 4. The molecule has 0 radical (unpaired) electrons. The number of carbonyl (C=O) groups is 1. The molecule has 0 aliphatic rings. The first-order valence-electron chi connectivity index (χ1n) is 11.8. The largest absolute Gasteiger partial charge is 0.450 e. The van der Waals surface area contributed by atoms with E-state index in [2.05, 4.69) is 37.5 Å². The van der Waals surface area contributed by atoms with Crippen molar-refractivity contribution in [3.8, 4) is 23.7 Å². The molecule has 0 unspecified atom stereocenters. The Kier molecular flexibility index (Phi) is 27.8. The van der Waals surface area contributed by atoms with Crippen LogP contribution in [0.5, 0.6) is 0 Å². The van der Waals surface area contributed by atoms with Gasteiger partial charge < -0.3 is 19.8 Å². The topological polar surface area (TPSA) is 70.0 Å². The lowest BCUT2D eigenvalue weighted by atomic mass is 10.1. The summed E-state index contributed by atoms with van der Waals surface area (Å²) >= 11 is 0. The van der Waals surface area contributed by atoms with Crippen LogP contribution >= 0.6 is 0 Å². The normalized spacial score (nSPS) is 9.37. The summed E-state index contributed by atoms with van der Waals surface area (Å²) in [4.78, 5) is 13.9. The van der Waals surface area contributed by atoms with Crippen molar-refractivity contribution in [2.24, 2.45) is 0 Å². The van der Waals surface area contributed by atoms with E-state index in [1.165, 1.54) is 64.2 Å². The summed E-state index contributed by atoms with van der Waals surface area (Å²) in [5.41, 5.74) is 0. The monoisotopic (exact) mass is 423 g/mol. The highest BCUT2D eigenvalue weighted by molar-refractivity contribution is 5.67. The maximum Gasteiger partial charge on any atom is 0.409 e. The number of aliphatic hydroxyl groups is 2. The van der Waals surface area contributed by atoms with Gasteiger partial charge in [0.05, 0.1) is 6.61 Å². The van der Waals surface area contributed by atoms with E-state index in [9.17, 15) is 4.79 Å². The smallest absolute Gasteiger partial charge is 0.409 e. The zero-order chi connectivity index (χ0) is 22.7. The molecule has 0 aromatic carbocycles. The third kappa shape index (κ3) is 24.3. The van der Waals surface area contributed by atoms with Gasteiger partial charge in [0.15, 0.2) is 0 Å². The highest BCUT2D eigenvalue weighted by Gasteiger charge is 2.13. The van der Waals surface area contributed by atoms with Gasteiger partial charge in [-0.15, -0.1) is 0 Å². The number of rotatable bonds is 15. The van der Waals surface area contributed by atoms with Crippen molar-refractivity contribution in [3.63, 3.8) is 0 Å². The average molecular weight is 424 g/mol. The molecule has 174 valence electrons. The highest BCUT2D eigenvalue weighted by Crippen LogP contribution is 2.09. The second-order valence-electron chi connectivity index (χ2n) is 7.14. The van der Waals surface area contributed by atoms with Crippen LogP contribution in [-0.4, -0.2) is 54.1 Å². The Hall–Kier alpha value is -1.69. The molecule has 0 spiro atoms. The van der Waals surface area contributed by atoms with Crippen LogP contribution in [0.15, 0.2) is 0 Å². The maximum absolute atomic E-state index is 12.0. The summed E-state index contributed by atoms with van der Waals surface area (Å²) < 4.78 is 5.18. The minimum absolute atomic E-state index is 0.121. The molecule has 5 nitrogen and oxygen atoms in total. The van der Waals surface area contributed by atoms with Gasteiger partial charge in [0.2, 0.25) is 0 Å². The molecule has 0 aromatic heterocycles. The fraction of sp³-hybridized carbons (Fsp3) is 0.800. The predicted octanol–water partition coefficient (Wildman–Crippen LogP) is 5.14. The molecule has 30 heavy (non-hydrogen) atoms. The van der Waals surface area contributed by atoms with Crippen molar-refractivity contribution >= 4 is 6.09 Å². The number of carbonyl (C=O) groups excluding carboxylic acids is 1. The fourth-order valence-electron chi connectivity index (χ4n) is 2.84. The molecule has 0 bridgehead atoms. The van der Waals surface area contributed by atoms with E-state index in [0.717, 1.165) is 25.9 Å². The van der Waals surface area contributed by atoms with Crippen molar-refractivity contribution in [3.05, 3.63) is 0 Å². The summed E-state index contributed by atoms with van der Waals surface area (Å²) in [7, 11) is 0. The van der Waals surface area contributed by atoms with E-state index in [-0.39, 0.29) is 19.3 Å². The molecular weight excluding hydrogens is 378 g/mol. The van der Waals surface area contributed by atoms with Gasteiger partial charge >= 0.3 is 6.09 Å². The maximum atomic E-state index is 12.0. The summed E-state index contributed by atoms with van der Waals surface area (Å²) in [6, 6.07) is 0. The molecular formula is C25H45NO4. The summed E-state index contributed by atoms with van der Waals surface area (Å²) in [6.07, 6.45) is 15.0. The Morgan fingerprint density at radius 2 is 1.10 bits per heavy atom. The first-order chi connectivity index (χ1) is 14.7. The second kappa shape index (κ2) is 27.3. The molecule has 2 N–H and O–H groups in total. The van der Waals surface area contributed by atoms with Gasteiger partial charge in [0, 0.05) is 13.1 Å². The molecule has 5 heteroatoms. The third-order valence-electron chi connectivity index (χ3n) is 4.49. The van der Waals surface area contributed by atoms with E-state index in [1.807, 2.05) is 11.8 Å². The van der Waals surface area contributed by atoms with Gasteiger partial charge in [-0.2, -0.15) is 0 Å². The Balaban J connectivity index is 0. The molecule has 0 atom stereocenters. The number of unbranched alkanes of at least 4 members (excludes halogenated alkanes) is 10. The van der Waals surface area contributed by atoms with Gasteiger partial charge in [0.1, 0.15) is 13.2 Å². The molecule has 0 heterocycles. The predicted molar refractivity (Wildman–Crippen MR) is 125 cm³/mol. The van der Waals surface area contributed by atoms with Crippen LogP contribution in [0.3, 0.4) is 0 Å². The molecule has 0 fully saturated rings. The second-order valence-corrected chi connectivity index (χ2v) is 7.14. The number of hydrogen-bond donors (Lipinski definition) is 2. The van der Waals surface area contributed by atoms with E-state index in [0.29, 0.717) is 6.61 Å². The number of amides is 1. The van der Waals surface area contributed by atoms with Crippen molar-refractivity contribution in [2.75, 3.05) is 32.9 Å². The standard InChI is InChI=1S/C19H39NO2.C6H6O2/c1-4-7-9-11-13-15-17-20(19(21)22-6-3)18-16-14-12-10-8-5-2;7-5-3-1-2-4-6-8/h4-18H2,1-3H3;7-8H,5-6H2. The molecule has 0 rings (SSSR count). The number of aliphatic hydroxyl groups excluding tert-OH is 2. The van der Waals surface area contributed by atoms with Crippen LogP contribution in [0.2, 0.25) is 0 Å². The van der Waals surface area contributed by atoms with Crippen molar-refractivity contribution in [2.45, 2.75) is 97.8 Å². The lowest BCUT2D eigenvalue weighted by Gasteiger charge is -2.21. The van der Waals surface area contributed by atoms with E-state index >= 15 is 0 Å². The van der Waals surface area contributed by atoms with E-state index in [1.54, 1.807) is 0 Å². The Bertz CT molecular complexity index is 449. The average Bonchev–Trinajstić information content (AvgIpc) is 2.75. The van der Waals surface area contributed by atoms with Gasteiger partial charge in [-0.3, -0.25) is 0 Å². The molecule has 0 aromatic rings. The fourth-order valence-corrected chi connectivity index (χ4v) is 2.84. The first kappa shape index (κ1) is 30.5. The van der Waals surface area contributed by atoms with E-state index in [4.69, 9.17) is 14.9 Å². The molecule has 1 amide bonds. The lowest BCUT2D eigenvalue weighted by molar-refractivity contribution is 0.105. The molecule has 0 saturated carbocycles. The van der Waals surface area contributed by atoms with Crippen LogP contribution in [-0.2, 0) is 4.74 Å². The Morgan fingerprint density at radius 3 is 1.47 bits per heavy atom. The Morgan fingerprint density at radius 1 is 0.700 bits per heavy atom. The summed E-state index contributed by atoms with van der Waals surface area (Å²) in [5, 5.41) is 16.1. The summed E-state index contributed by atoms with van der Waals surface area (Å²) in [6.45, 7) is 8.19. The first-order valence-corrected chi connectivity index (χ1v) is 11.8. The van der Waals surface area contributed by atoms with Gasteiger partial charge in [-0.1, -0.05) is 89.9 Å². The SMILES string of the molecule is CCCCCCCCN(CCCCCCCC)C(=O)OCC.OCC#CC#CCO.